The van der Waals surface area contributed by atoms with Crippen LogP contribution < -0.4 is 0 Å². The largest absolute Gasteiger partial charge is 0.478 e. The van der Waals surface area contributed by atoms with E-state index < -0.39 is 5.97 Å². The molecule has 2 aliphatic rings. The molecule has 0 radical (unpaired) electrons. The second-order valence-corrected chi connectivity index (χ2v) is 9.35. The fourth-order valence-electron chi connectivity index (χ4n) is 4.77. The molecule has 4 rings (SSSR count). The Kier molecular flexibility index (Phi) is 7.76. The second-order valence-electron chi connectivity index (χ2n) is 9.35. The number of carboxylic acids is 1. The van der Waals surface area contributed by atoms with Crippen LogP contribution in [-0.4, -0.2) is 66.9 Å². The molecule has 2 atom stereocenters. The van der Waals surface area contributed by atoms with Gasteiger partial charge in [0.05, 0.1) is 0 Å². The summed E-state index contributed by atoms with van der Waals surface area (Å²) in [7, 11) is 2.18. The Morgan fingerprint density at radius 2 is 1.74 bits per heavy atom. The summed E-state index contributed by atoms with van der Waals surface area (Å²) in [6, 6.07) is 17.2. The molecule has 1 N–H and O–H groups in total. The minimum absolute atomic E-state index is 0.0185. The minimum Gasteiger partial charge on any atom is -0.478 e. The zero-order valence-corrected chi connectivity index (χ0v) is 20.4. The molecular weight excluding hydrogens is 422 g/mol. The Morgan fingerprint density at radius 3 is 2.41 bits per heavy atom. The molecule has 2 aromatic carbocycles. The topological polar surface area (TPSA) is 56.1 Å². The first-order valence-electron chi connectivity index (χ1n) is 12.2. The summed E-state index contributed by atoms with van der Waals surface area (Å²) in [5, 5.41) is 9.74. The van der Waals surface area contributed by atoms with Crippen molar-refractivity contribution in [2.45, 2.75) is 20.4 Å². The van der Waals surface area contributed by atoms with Gasteiger partial charge < -0.3 is 10.0 Å². The molecule has 0 aromatic heterocycles. The molecule has 178 valence electrons. The SMILES string of the molecule is CCN=CC1C=C(c2ccc(-c3ccccc3CN3CCN(C)CC3)cc2)C=C(C(=O)O)C1C. The van der Waals surface area contributed by atoms with Gasteiger partial charge >= 0.3 is 5.97 Å². The molecule has 0 spiro atoms. The van der Waals surface area contributed by atoms with E-state index in [-0.39, 0.29) is 11.8 Å². The first-order valence-corrected chi connectivity index (χ1v) is 12.2. The van der Waals surface area contributed by atoms with Crippen LogP contribution >= 0.6 is 0 Å². The number of rotatable bonds is 7. The highest BCUT2D eigenvalue weighted by molar-refractivity contribution is 5.95. The zero-order valence-electron chi connectivity index (χ0n) is 20.4. The molecule has 0 saturated carbocycles. The third kappa shape index (κ3) is 5.54. The summed E-state index contributed by atoms with van der Waals surface area (Å²) in [6.45, 7) is 10.0. The van der Waals surface area contributed by atoms with Crippen molar-refractivity contribution in [3.05, 3.63) is 77.4 Å². The Morgan fingerprint density at radius 1 is 1.06 bits per heavy atom. The van der Waals surface area contributed by atoms with Crippen LogP contribution in [0.2, 0.25) is 0 Å². The van der Waals surface area contributed by atoms with Gasteiger partial charge in [-0.05, 0) is 53.8 Å². The molecule has 2 unspecified atom stereocenters. The Hall–Kier alpha value is -3.02. The summed E-state index contributed by atoms with van der Waals surface area (Å²) in [5.74, 6) is -0.977. The summed E-state index contributed by atoms with van der Waals surface area (Å²) in [5.41, 5.74) is 6.20. The van der Waals surface area contributed by atoms with Crippen LogP contribution in [0, 0.1) is 11.8 Å². The average Bonchev–Trinajstić information content (AvgIpc) is 2.85. The number of nitrogens with zero attached hydrogens (tertiary/aromatic N) is 3. The van der Waals surface area contributed by atoms with Crippen molar-refractivity contribution >= 4 is 17.8 Å². The van der Waals surface area contributed by atoms with Gasteiger partial charge in [-0.15, -0.1) is 0 Å². The van der Waals surface area contributed by atoms with Gasteiger partial charge in [0.1, 0.15) is 0 Å². The predicted molar refractivity (Wildman–Crippen MR) is 140 cm³/mol. The third-order valence-electron chi connectivity index (χ3n) is 6.99. The van der Waals surface area contributed by atoms with E-state index in [9.17, 15) is 9.90 Å². The number of allylic oxidation sites excluding steroid dienone is 3. The van der Waals surface area contributed by atoms with Gasteiger partial charge in [0.2, 0.25) is 0 Å². The zero-order chi connectivity index (χ0) is 24.1. The van der Waals surface area contributed by atoms with Crippen molar-refractivity contribution in [1.29, 1.82) is 0 Å². The van der Waals surface area contributed by atoms with Crippen LogP contribution in [-0.2, 0) is 11.3 Å². The molecule has 34 heavy (non-hydrogen) atoms. The third-order valence-corrected chi connectivity index (χ3v) is 6.99. The van der Waals surface area contributed by atoms with Gasteiger partial charge in [0, 0.05) is 57.0 Å². The van der Waals surface area contributed by atoms with Crippen molar-refractivity contribution in [3.63, 3.8) is 0 Å². The van der Waals surface area contributed by atoms with Crippen LogP contribution in [0.3, 0.4) is 0 Å². The van der Waals surface area contributed by atoms with E-state index in [1.807, 2.05) is 26.1 Å². The van der Waals surface area contributed by atoms with E-state index in [1.54, 1.807) is 0 Å². The number of likely N-dealkylation sites (N-methyl/N-ethyl adjacent to an activating group) is 1. The van der Waals surface area contributed by atoms with Crippen molar-refractivity contribution < 1.29 is 9.90 Å². The van der Waals surface area contributed by atoms with E-state index in [4.69, 9.17) is 0 Å². The molecule has 1 saturated heterocycles. The number of carboxylic acid groups (broad SMARTS) is 1. The molecule has 1 fully saturated rings. The van der Waals surface area contributed by atoms with Crippen LogP contribution in [0.5, 0.6) is 0 Å². The summed E-state index contributed by atoms with van der Waals surface area (Å²) < 4.78 is 0. The molecule has 1 aliphatic heterocycles. The lowest BCUT2D eigenvalue weighted by Crippen LogP contribution is -2.43. The lowest BCUT2D eigenvalue weighted by atomic mass is 9.80. The number of aliphatic imine (C=N–C) groups is 1. The first-order chi connectivity index (χ1) is 16.5. The smallest absolute Gasteiger partial charge is 0.331 e. The van der Waals surface area contributed by atoms with E-state index in [1.165, 1.54) is 16.7 Å². The molecule has 5 nitrogen and oxygen atoms in total. The van der Waals surface area contributed by atoms with E-state index in [0.29, 0.717) is 12.1 Å². The molecule has 5 heteroatoms. The fourth-order valence-corrected chi connectivity index (χ4v) is 4.77. The maximum atomic E-state index is 11.9. The molecule has 2 aromatic rings. The molecule has 0 bridgehead atoms. The van der Waals surface area contributed by atoms with Crippen molar-refractivity contribution in [3.8, 4) is 11.1 Å². The van der Waals surface area contributed by atoms with Crippen LogP contribution in [0.1, 0.15) is 25.0 Å². The van der Waals surface area contributed by atoms with Gasteiger partial charge in [-0.1, -0.05) is 61.5 Å². The van der Waals surface area contributed by atoms with E-state index in [2.05, 4.69) is 76.4 Å². The van der Waals surface area contributed by atoms with Gasteiger partial charge in [-0.2, -0.15) is 0 Å². The van der Waals surface area contributed by atoms with Gasteiger partial charge in [-0.3, -0.25) is 9.89 Å². The highest BCUT2D eigenvalue weighted by Gasteiger charge is 2.27. The summed E-state index contributed by atoms with van der Waals surface area (Å²) in [6.07, 6.45) is 5.86. The van der Waals surface area contributed by atoms with Crippen molar-refractivity contribution in [1.82, 2.24) is 9.80 Å². The van der Waals surface area contributed by atoms with Gasteiger partial charge in [-0.25, -0.2) is 4.79 Å². The highest BCUT2D eigenvalue weighted by Crippen LogP contribution is 2.34. The maximum Gasteiger partial charge on any atom is 0.331 e. The summed E-state index contributed by atoms with van der Waals surface area (Å²) in [4.78, 5) is 21.2. The number of piperazine rings is 1. The van der Waals surface area contributed by atoms with E-state index in [0.717, 1.165) is 43.9 Å². The van der Waals surface area contributed by atoms with Gasteiger partial charge in [0.25, 0.3) is 0 Å². The average molecular weight is 458 g/mol. The molecule has 1 aliphatic carbocycles. The monoisotopic (exact) mass is 457 g/mol. The molecular formula is C29H35N3O2. The highest BCUT2D eigenvalue weighted by atomic mass is 16.4. The Labute approximate surface area is 203 Å². The Balaban J connectivity index is 1.59. The van der Waals surface area contributed by atoms with E-state index >= 15 is 0 Å². The minimum atomic E-state index is -0.859. The standard InChI is InChI=1S/C29H35N3O2/c1-4-30-19-26-17-25(18-28(21(26)2)29(33)34)22-9-11-23(12-10-22)27-8-6-5-7-24(27)20-32-15-13-31(3)14-16-32/h5-12,17-19,21,26H,4,13-16,20H2,1-3H3,(H,33,34). The predicted octanol–water partition coefficient (Wildman–Crippen LogP) is 4.85. The van der Waals surface area contributed by atoms with Crippen LogP contribution in [0.4, 0.5) is 0 Å². The quantitative estimate of drug-likeness (QED) is 0.604. The maximum absolute atomic E-state index is 11.9. The fraction of sp³-hybridized carbons (Fsp3) is 0.379. The number of benzene rings is 2. The number of aliphatic carboxylic acids is 1. The normalized spacial score (nSPS) is 22.0. The van der Waals surface area contributed by atoms with Crippen molar-refractivity contribution in [2.24, 2.45) is 16.8 Å². The number of carbonyl (C=O) groups is 1. The Bertz CT molecular complexity index is 1090. The van der Waals surface area contributed by atoms with Gasteiger partial charge in [0.15, 0.2) is 0 Å². The lowest BCUT2D eigenvalue weighted by Gasteiger charge is -2.32. The molecule has 1 heterocycles. The second kappa shape index (κ2) is 10.9. The summed E-state index contributed by atoms with van der Waals surface area (Å²) >= 11 is 0. The lowest BCUT2D eigenvalue weighted by molar-refractivity contribution is -0.133. The number of hydrogen-bond donors (Lipinski definition) is 1. The first kappa shape index (κ1) is 24.1. The molecule has 0 amide bonds. The van der Waals surface area contributed by atoms with Crippen LogP contribution in [0.15, 0.2) is 71.2 Å². The number of hydrogen-bond acceptors (Lipinski definition) is 4. The van der Waals surface area contributed by atoms with Crippen molar-refractivity contribution in [2.75, 3.05) is 39.8 Å². The van der Waals surface area contributed by atoms with Crippen LogP contribution in [0.25, 0.3) is 16.7 Å².